The average Bonchev–Trinajstić information content (AvgIpc) is 3.47. The van der Waals surface area contributed by atoms with Gasteiger partial charge in [-0.25, -0.2) is 9.97 Å². The van der Waals surface area contributed by atoms with Crippen molar-refractivity contribution in [2.45, 2.75) is 24.8 Å². The largest absolute Gasteiger partial charge is 0.545 e. The minimum atomic E-state index is -1.37. The van der Waals surface area contributed by atoms with Gasteiger partial charge in [-0.1, -0.05) is 11.2 Å². The van der Waals surface area contributed by atoms with Crippen LogP contribution in [0.25, 0.3) is 0 Å². The number of amides is 1. The maximum atomic E-state index is 13.1. The number of aliphatic carboxylic acids is 1. The molecule has 3 atom stereocenters. The summed E-state index contributed by atoms with van der Waals surface area (Å²) in [6, 6.07) is -0.867. The number of ketones is 1. The molecule has 1 fully saturated rings. The fraction of sp³-hybridized carbons (Fsp3) is 0.417. The maximum Gasteiger partial charge on any atom is 0.276 e. The van der Waals surface area contributed by atoms with Gasteiger partial charge in [0.1, 0.15) is 25.4 Å². The Labute approximate surface area is 232 Å². The highest BCUT2D eigenvalue weighted by Gasteiger charge is 2.55. The van der Waals surface area contributed by atoms with E-state index in [1.165, 1.54) is 23.7 Å². The van der Waals surface area contributed by atoms with Crippen LogP contribution in [0.15, 0.2) is 39.3 Å². The van der Waals surface area contributed by atoms with Crippen molar-refractivity contribution in [2.24, 2.45) is 11.1 Å². The van der Waals surface area contributed by atoms with Crippen molar-refractivity contribution in [3.05, 3.63) is 50.5 Å². The Hall–Kier alpha value is -3.07. The molecule has 0 bridgehead atoms. The Morgan fingerprint density at radius 1 is 1.37 bits per heavy atom. The van der Waals surface area contributed by atoms with Crippen molar-refractivity contribution >= 4 is 62.9 Å². The first-order valence-corrected chi connectivity index (χ1v) is 14.4. The SMILES string of the molecule is CO/N=C(\C(=O)N[C@@H]1C(=O)C2C(C(=O)[O-])=C(/C=C/C[N+](C)(C)Cc3scnc3C)CS[C@@H]21)c1csc(N)n1. The van der Waals surface area contributed by atoms with E-state index in [1.54, 1.807) is 22.8 Å². The summed E-state index contributed by atoms with van der Waals surface area (Å²) in [4.78, 5) is 52.4. The number of carboxylic acids is 1. The second-order valence-electron chi connectivity index (χ2n) is 9.57. The standard InChI is InChI=1S/C24H28N6O5S3/c1-12-15(38-11-26-12)8-30(2,3)7-5-6-13-9-36-21-17(16(13)23(33)34)20(31)19(21)28-22(32)18(29-35-4)14-10-37-24(25)27-14/h5-6,10-11,17,19,21H,7-9H2,1-4H3,(H3-,25,27,28,32,33,34)/b6-5+,29-18-/t17?,19-,21+/m1/s1. The number of nitrogen functional groups attached to an aromatic ring is 1. The quantitative estimate of drug-likeness (QED) is 0.233. The van der Waals surface area contributed by atoms with E-state index in [2.05, 4.69) is 34.5 Å². The second-order valence-corrected chi connectivity index (χ2v) is 12.6. The average molecular weight is 577 g/mol. The van der Waals surface area contributed by atoms with Gasteiger partial charge in [0, 0.05) is 16.4 Å². The van der Waals surface area contributed by atoms with Gasteiger partial charge < -0.3 is 30.3 Å². The van der Waals surface area contributed by atoms with Gasteiger partial charge in [-0.3, -0.25) is 9.59 Å². The van der Waals surface area contributed by atoms with Gasteiger partial charge in [0.05, 0.1) is 48.6 Å². The van der Waals surface area contributed by atoms with E-state index in [0.29, 0.717) is 22.4 Å². The molecule has 0 radical (unpaired) electrons. The number of aromatic nitrogens is 2. The summed E-state index contributed by atoms with van der Waals surface area (Å²) >= 11 is 4.19. The minimum Gasteiger partial charge on any atom is -0.545 e. The van der Waals surface area contributed by atoms with Gasteiger partial charge in [-0.15, -0.1) is 22.7 Å². The fourth-order valence-corrected chi connectivity index (χ4v) is 7.43. The van der Waals surface area contributed by atoms with E-state index in [0.717, 1.165) is 23.6 Å². The number of nitrogens with zero attached hydrogens (tertiary/aromatic N) is 4. The maximum absolute atomic E-state index is 13.1. The van der Waals surface area contributed by atoms with Crippen LogP contribution in [0.2, 0.25) is 0 Å². The number of carboxylic acid groups (broad SMARTS) is 1. The molecule has 2 aliphatic rings. The molecule has 0 saturated heterocycles. The summed E-state index contributed by atoms with van der Waals surface area (Å²) in [5.74, 6) is -2.89. The van der Waals surface area contributed by atoms with Crippen LogP contribution in [0.1, 0.15) is 16.3 Å². The number of hydrogen-bond donors (Lipinski definition) is 2. The van der Waals surface area contributed by atoms with Crippen LogP contribution in [0.3, 0.4) is 0 Å². The lowest BCUT2D eigenvalue weighted by Crippen LogP contribution is -2.66. The Morgan fingerprint density at radius 2 is 2.13 bits per heavy atom. The van der Waals surface area contributed by atoms with E-state index in [4.69, 9.17) is 10.6 Å². The first-order chi connectivity index (χ1) is 18.0. The first kappa shape index (κ1) is 28.0. The van der Waals surface area contributed by atoms with Gasteiger partial charge in [0.25, 0.3) is 5.91 Å². The van der Waals surface area contributed by atoms with Crippen LogP contribution in [0.5, 0.6) is 0 Å². The number of fused-ring (bicyclic) bond motifs is 1. The Balaban J connectivity index is 1.46. The van der Waals surface area contributed by atoms with E-state index in [9.17, 15) is 19.5 Å². The third-order valence-corrected chi connectivity index (χ3v) is 9.36. The molecular formula is C24H28N6O5S3. The molecule has 3 heterocycles. The summed E-state index contributed by atoms with van der Waals surface area (Å²) in [7, 11) is 5.47. The van der Waals surface area contributed by atoms with Crippen molar-refractivity contribution < 1.29 is 28.8 Å². The molecule has 4 rings (SSSR count). The number of carbonyl (C=O) groups is 3. The van der Waals surface area contributed by atoms with Gasteiger partial charge in [-0.2, -0.15) is 11.8 Å². The third-order valence-electron chi connectivity index (χ3n) is 6.36. The molecule has 2 aromatic rings. The highest BCUT2D eigenvalue weighted by molar-refractivity contribution is 8.00. The van der Waals surface area contributed by atoms with Crippen LogP contribution in [-0.4, -0.2) is 82.6 Å². The van der Waals surface area contributed by atoms with E-state index in [-0.39, 0.29) is 27.9 Å². The van der Waals surface area contributed by atoms with Gasteiger partial charge >= 0.3 is 0 Å². The number of thiazole rings is 2. The number of aryl methyl sites for hydroxylation is 1. The van der Waals surface area contributed by atoms with Crippen LogP contribution < -0.4 is 16.2 Å². The van der Waals surface area contributed by atoms with Gasteiger partial charge in [0.15, 0.2) is 16.6 Å². The lowest BCUT2D eigenvalue weighted by atomic mass is 9.71. The van der Waals surface area contributed by atoms with Crippen LogP contribution in [0.4, 0.5) is 5.13 Å². The highest BCUT2D eigenvalue weighted by Crippen LogP contribution is 2.45. The van der Waals surface area contributed by atoms with Crippen molar-refractivity contribution in [1.29, 1.82) is 0 Å². The predicted molar refractivity (Wildman–Crippen MR) is 145 cm³/mol. The highest BCUT2D eigenvalue weighted by atomic mass is 32.2. The Bertz CT molecular complexity index is 1340. The molecule has 14 heteroatoms. The number of nitrogens with one attached hydrogen (secondary N) is 1. The van der Waals surface area contributed by atoms with Crippen molar-refractivity contribution in [1.82, 2.24) is 15.3 Å². The fourth-order valence-electron chi connectivity index (χ4n) is 4.42. The molecule has 38 heavy (non-hydrogen) atoms. The summed E-state index contributed by atoms with van der Waals surface area (Å²) in [6.45, 7) is 3.45. The molecule has 0 spiro atoms. The molecule has 2 aromatic heterocycles. The van der Waals surface area contributed by atoms with Crippen molar-refractivity contribution in [3.8, 4) is 0 Å². The third kappa shape index (κ3) is 5.82. The van der Waals surface area contributed by atoms with Gasteiger partial charge in [-0.05, 0) is 24.1 Å². The molecule has 1 amide bonds. The van der Waals surface area contributed by atoms with E-state index in [1.807, 2.05) is 18.5 Å². The molecule has 11 nitrogen and oxygen atoms in total. The second kappa shape index (κ2) is 11.4. The lowest BCUT2D eigenvalue weighted by Gasteiger charge is -2.47. The topological polar surface area (TPSA) is 160 Å². The van der Waals surface area contributed by atoms with Crippen LogP contribution in [-0.2, 0) is 25.8 Å². The number of allylic oxidation sites excluding steroid dienone is 1. The number of quaternary nitrogens is 1. The normalized spacial score (nSPS) is 21.8. The van der Waals surface area contributed by atoms with Crippen molar-refractivity contribution in [3.63, 3.8) is 0 Å². The number of anilines is 1. The Morgan fingerprint density at radius 3 is 2.74 bits per heavy atom. The molecule has 202 valence electrons. The summed E-state index contributed by atoms with van der Waals surface area (Å²) in [5.41, 5.74) is 9.16. The first-order valence-electron chi connectivity index (χ1n) is 11.6. The predicted octanol–water partition coefficient (Wildman–Crippen LogP) is 0.519. The van der Waals surface area contributed by atoms with E-state index >= 15 is 0 Å². The number of hydrogen-bond acceptors (Lipinski definition) is 12. The molecule has 3 N–H and O–H groups in total. The number of carbonyl (C=O) groups excluding carboxylic acids is 3. The number of nitrogens with two attached hydrogens (primary N) is 1. The smallest absolute Gasteiger partial charge is 0.276 e. The molecule has 0 aromatic carbocycles. The number of Topliss-reactive ketones (excluding diaryl/α,β-unsaturated/α-hetero) is 1. The van der Waals surface area contributed by atoms with Crippen LogP contribution >= 0.6 is 34.4 Å². The summed E-state index contributed by atoms with van der Waals surface area (Å²) in [5, 5.41) is 19.9. The van der Waals surface area contributed by atoms with Crippen LogP contribution in [0, 0.1) is 12.8 Å². The minimum absolute atomic E-state index is 0.0119. The molecule has 1 unspecified atom stereocenters. The molecule has 1 aliphatic carbocycles. The number of likely N-dealkylation sites (N-methyl/N-ethyl adjacent to an activating group) is 1. The molecule has 1 saturated carbocycles. The monoisotopic (exact) mass is 576 g/mol. The molecule has 1 aliphatic heterocycles. The van der Waals surface area contributed by atoms with Gasteiger partial charge in [0.2, 0.25) is 0 Å². The zero-order valence-electron chi connectivity index (χ0n) is 21.3. The Kier molecular flexibility index (Phi) is 8.35. The zero-order chi connectivity index (χ0) is 27.6. The molecular weight excluding hydrogens is 549 g/mol. The summed E-state index contributed by atoms with van der Waals surface area (Å²) < 4.78 is 0.662. The zero-order valence-corrected chi connectivity index (χ0v) is 23.7. The lowest BCUT2D eigenvalue weighted by molar-refractivity contribution is -0.897. The number of thioether (sulfide) groups is 1. The number of rotatable bonds is 10. The van der Waals surface area contributed by atoms with E-state index < -0.39 is 29.1 Å². The summed E-state index contributed by atoms with van der Waals surface area (Å²) in [6.07, 6.45) is 3.72. The van der Waals surface area contributed by atoms with Crippen molar-refractivity contribution in [2.75, 3.05) is 39.2 Å². The number of oxime groups is 1.